The Morgan fingerprint density at radius 1 is 1.14 bits per heavy atom. The first kappa shape index (κ1) is 28.2. The highest BCUT2D eigenvalue weighted by atomic mass is 32.1. The molecule has 3 amide bonds. The van der Waals surface area contributed by atoms with Crippen molar-refractivity contribution in [3.63, 3.8) is 0 Å². The average Bonchev–Trinajstić information content (AvgIpc) is 3.12. The third-order valence-electron chi connectivity index (χ3n) is 8.18. The predicted molar refractivity (Wildman–Crippen MR) is 144 cm³/mol. The van der Waals surface area contributed by atoms with Gasteiger partial charge in [0.15, 0.2) is 0 Å². The van der Waals surface area contributed by atoms with E-state index in [0.717, 1.165) is 20.2 Å². The summed E-state index contributed by atoms with van der Waals surface area (Å²) in [6.07, 6.45) is -3.51. The van der Waals surface area contributed by atoms with E-state index in [-0.39, 0.29) is 48.7 Å². The van der Waals surface area contributed by atoms with Crippen LogP contribution in [0.3, 0.4) is 0 Å². The molecule has 0 aromatic carbocycles. The lowest BCUT2D eigenvalue weighted by Gasteiger charge is -2.36. The lowest BCUT2D eigenvalue weighted by Crippen LogP contribution is -2.53. The van der Waals surface area contributed by atoms with Crippen molar-refractivity contribution in [1.29, 1.82) is 0 Å². The number of pyridine rings is 2. The Bertz CT molecular complexity index is 1660. The molecular weight excluding hydrogens is 575 g/mol. The normalized spacial score (nSPS) is 21.8. The van der Waals surface area contributed by atoms with E-state index in [1.807, 2.05) is 33.8 Å². The monoisotopic (exact) mass is 601 g/mol. The van der Waals surface area contributed by atoms with Crippen LogP contribution in [-0.4, -0.2) is 62.9 Å². The van der Waals surface area contributed by atoms with Gasteiger partial charge in [-0.3, -0.25) is 29.3 Å². The predicted octanol–water partition coefficient (Wildman–Crippen LogP) is 4.01. The first-order valence-corrected chi connectivity index (χ1v) is 14.0. The van der Waals surface area contributed by atoms with E-state index in [2.05, 4.69) is 15.1 Å². The molecule has 2 aliphatic heterocycles. The van der Waals surface area contributed by atoms with Gasteiger partial charge in [0.25, 0.3) is 0 Å². The number of likely N-dealkylation sites (tertiary alicyclic amines) is 1. The number of amides is 3. The van der Waals surface area contributed by atoms with Gasteiger partial charge in [-0.25, -0.2) is 4.79 Å². The highest BCUT2D eigenvalue weighted by molar-refractivity contribution is 7.19. The largest absolute Gasteiger partial charge is 0.492 e. The SMILES string of the molecule is Cc1cc(C)c(NC(=O)C2CN(OC(=O)C(F)(F)F)C2)c(-c2ccnc3cc(CN4C(=O)C5C(C4=O)C5(C)C)sc23)n1. The summed E-state index contributed by atoms with van der Waals surface area (Å²) in [6.45, 7) is 7.29. The molecule has 1 aliphatic carbocycles. The fraction of sp³-hybridized carbons (Fsp3) is 0.429. The van der Waals surface area contributed by atoms with Gasteiger partial charge in [0, 0.05) is 35.4 Å². The first-order chi connectivity index (χ1) is 19.7. The van der Waals surface area contributed by atoms with Crippen LogP contribution in [0.5, 0.6) is 0 Å². The number of piperidine rings is 1. The maximum atomic E-state index is 13.0. The van der Waals surface area contributed by atoms with Gasteiger partial charge in [0.05, 0.1) is 45.9 Å². The van der Waals surface area contributed by atoms with Crippen molar-refractivity contribution in [2.24, 2.45) is 23.2 Å². The third-order valence-corrected chi connectivity index (χ3v) is 9.32. The van der Waals surface area contributed by atoms with Crippen molar-refractivity contribution >= 4 is 50.9 Å². The molecule has 3 aromatic rings. The minimum absolute atomic E-state index is 0.149. The standard InChI is InChI=1S/C28H26F3N5O5S/c1-12-7-13(2)33-21(20(12)34-23(37)14-9-35(10-14)41-26(40)28(29,30)31)16-5-6-32-17-8-15(42-22(16)17)11-36-24(38)18-19(25(36)39)27(18,3)4/h5-8,14,18-19H,9-11H2,1-4H3,(H,34,37). The molecule has 10 nitrogen and oxygen atoms in total. The molecular formula is C28H26F3N5O5S. The molecule has 3 fully saturated rings. The van der Waals surface area contributed by atoms with E-state index < -0.39 is 24.0 Å². The zero-order valence-corrected chi connectivity index (χ0v) is 23.9. The summed E-state index contributed by atoms with van der Waals surface area (Å²) < 4.78 is 38.2. The number of anilines is 1. The van der Waals surface area contributed by atoms with Gasteiger partial charge < -0.3 is 10.2 Å². The van der Waals surface area contributed by atoms with E-state index in [1.54, 1.807) is 18.3 Å². The van der Waals surface area contributed by atoms with Crippen molar-refractivity contribution in [2.45, 2.75) is 40.4 Å². The van der Waals surface area contributed by atoms with Crippen LogP contribution in [0.25, 0.3) is 21.5 Å². The zero-order valence-electron chi connectivity index (χ0n) is 23.0. The van der Waals surface area contributed by atoms with Gasteiger partial charge in [-0.15, -0.1) is 16.4 Å². The van der Waals surface area contributed by atoms with Gasteiger partial charge in [0.1, 0.15) is 0 Å². The smallest absolute Gasteiger partial charge is 0.361 e. The summed E-state index contributed by atoms with van der Waals surface area (Å²) in [5.74, 6) is -4.31. The van der Waals surface area contributed by atoms with Crippen molar-refractivity contribution in [3.8, 4) is 11.3 Å². The van der Waals surface area contributed by atoms with Crippen LogP contribution in [0.4, 0.5) is 18.9 Å². The van der Waals surface area contributed by atoms with Crippen molar-refractivity contribution < 1.29 is 37.2 Å². The summed E-state index contributed by atoms with van der Waals surface area (Å²) in [4.78, 5) is 65.4. The summed E-state index contributed by atoms with van der Waals surface area (Å²) in [5.41, 5.74) is 3.39. The van der Waals surface area contributed by atoms with E-state index in [9.17, 15) is 32.3 Å². The number of aryl methyl sites for hydroxylation is 2. The number of hydrogen-bond donors (Lipinski definition) is 1. The molecule has 5 heterocycles. The van der Waals surface area contributed by atoms with Crippen LogP contribution in [0.2, 0.25) is 0 Å². The number of alkyl halides is 3. The highest BCUT2D eigenvalue weighted by Gasteiger charge is 2.72. The number of hydrogen-bond acceptors (Lipinski definition) is 9. The number of carbonyl (C=O) groups excluding carboxylic acids is 4. The van der Waals surface area contributed by atoms with Crippen molar-refractivity contribution in [3.05, 3.63) is 40.5 Å². The molecule has 2 unspecified atom stereocenters. The van der Waals surface area contributed by atoms with Gasteiger partial charge >= 0.3 is 12.1 Å². The molecule has 0 bridgehead atoms. The second-order valence-electron chi connectivity index (χ2n) is 11.5. The molecule has 3 aliphatic rings. The Labute approximate surface area is 241 Å². The number of nitrogens with one attached hydrogen (secondary N) is 1. The average molecular weight is 602 g/mol. The lowest BCUT2D eigenvalue weighted by atomic mass is 10.0. The number of halogens is 3. The number of carbonyl (C=O) groups is 4. The fourth-order valence-corrected chi connectivity index (χ4v) is 6.95. The molecule has 3 aromatic heterocycles. The second kappa shape index (κ2) is 9.56. The van der Waals surface area contributed by atoms with Crippen LogP contribution in [-0.2, 0) is 30.6 Å². The molecule has 2 atom stereocenters. The molecule has 1 saturated carbocycles. The Kier molecular flexibility index (Phi) is 6.42. The van der Waals surface area contributed by atoms with E-state index in [0.29, 0.717) is 28.2 Å². The van der Waals surface area contributed by atoms with Crippen molar-refractivity contribution in [2.75, 3.05) is 18.4 Å². The van der Waals surface area contributed by atoms with Crippen LogP contribution in [0, 0.1) is 37.0 Å². The summed E-state index contributed by atoms with van der Waals surface area (Å²) >= 11 is 1.39. The van der Waals surface area contributed by atoms with E-state index in [4.69, 9.17) is 4.98 Å². The number of thiophene rings is 1. The number of nitrogens with zero attached hydrogens (tertiary/aromatic N) is 4. The summed E-state index contributed by atoms with van der Waals surface area (Å²) in [5, 5.41) is 3.66. The molecule has 1 N–H and O–H groups in total. The van der Waals surface area contributed by atoms with Crippen LogP contribution >= 0.6 is 11.3 Å². The Balaban J connectivity index is 1.23. The van der Waals surface area contributed by atoms with Crippen LogP contribution in [0.15, 0.2) is 24.4 Å². The van der Waals surface area contributed by atoms with E-state index >= 15 is 0 Å². The van der Waals surface area contributed by atoms with E-state index in [1.165, 1.54) is 16.2 Å². The number of imide groups is 1. The minimum atomic E-state index is -5.12. The van der Waals surface area contributed by atoms with Crippen LogP contribution in [0.1, 0.15) is 30.0 Å². The molecule has 220 valence electrons. The second-order valence-corrected chi connectivity index (χ2v) is 12.7. The highest BCUT2D eigenvalue weighted by Crippen LogP contribution is 2.63. The topological polar surface area (TPSA) is 122 Å². The molecule has 14 heteroatoms. The molecule has 0 radical (unpaired) electrons. The minimum Gasteiger partial charge on any atom is -0.361 e. The summed E-state index contributed by atoms with van der Waals surface area (Å²) in [7, 11) is 0. The first-order valence-electron chi connectivity index (χ1n) is 13.2. The van der Waals surface area contributed by atoms with Crippen molar-refractivity contribution in [1.82, 2.24) is 19.9 Å². The summed E-state index contributed by atoms with van der Waals surface area (Å²) in [6, 6.07) is 5.41. The zero-order chi connectivity index (χ0) is 30.3. The van der Waals surface area contributed by atoms with Gasteiger partial charge in [-0.05, 0) is 43.0 Å². The quantitative estimate of drug-likeness (QED) is 0.421. The Morgan fingerprint density at radius 2 is 1.81 bits per heavy atom. The molecule has 6 rings (SSSR count). The number of rotatable bonds is 6. The Hall–Kier alpha value is -3.91. The third kappa shape index (κ3) is 4.62. The maximum absolute atomic E-state index is 13.0. The lowest BCUT2D eigenvalue weighted by molar-refractivity contribution is -0.256. The number of hydroxylamine groups is 2. The van der Waals surface area contributed by atoms with Gasteiger partial charge in [0.2, 0.25) is 17.7 Å². The molecule has 0 spiro atoms. The Morgan fingerprint density at radius 3 is 2.45 bits per heavy atom. The van der Waals surface area contributed by atoms with Crippen LogP contribution < -0.4 is 5.32 Å². The fourth-order valence-electron chi connectivity index (χ4n) is 5.83. The van der Waals surface area contributed by atoms with Gasteiger partial charge in [-0.2, -0.15) is 13.2 Å². The van der Waals surface area contributed by atoms with Gasteiger partial charge in [-0.1, -0.05) is 13.8 Å². The maximum Gasteiger partial charge on any atom is 0.492 e. The molecule has 42 heavy (non-hydrogen) atoms. The number of aromatic nitrogens is 2. The molecule has 2 saturated heterocycles. The number of fused-ring (bicyclic) bond motifs is 2.